The largest absolute Gasteiger partial charge is 0.390 e. The Hall–Kier alpha value is -1.54. The molecule has 1 saturated heterocycles. The zero-order valence-electron chi connectivity index (χ0n) is 14.8. The molecule has 0 bridgehead atoms. The number of rotatable bonds is 3. The number of aromatic nitrogens is 2. The van der Waals surface area contributed by atoms with Crippen LogP contribution in [0.1, 0.15) is 18.9 Å². The van der Waals surface area contributed by atoms with Crippen molar-refractivity contribution in [1.82, 2.24) is 14.5 Å². The minimum atomic E-state index is -4.20. The molecule has 0 aliphatic carbocycles. The lowest BCUT2D eigenvalue weighted by Crippen LogP contribution is -2.45. The Morgan fingerprint density at radius 1 is 1.14 bits per heavy atom. The van der Waals surface area contributed by atoms with Crippen LogP contribution in [0.4, 0.5) is 13.2 Å². The highest BCUT2D eigenvalue weighted by atomic mass is 35.5. The zero-order chi connectivity index (χ0) is 20.1. The Bertz CT molecular complexity index is 962. The summed E-state index contributed by atoms with van der Waals surface area (Å²) in [5.41, 5.74) is 1.54. The van der Waals surface area contributed by atoms with Crippen molar-refractivity contribution in [2.45, 2.75) is 31.2 Å². The molecule has 0 radical (unpaired) electrons. The van der Waals surface area contributed by atoms with Crippen LogP contribution in [-0.2, 0) is 0 Å². The summed E-state index contributed by atoms with van der Waals surface area (Å²) in [5.74, 6) is 0. The number of likely N-dealkylation sites (tertiary alicyclic amines) is 1. The van der Waals surface area contributed by atoms with Crippen molar-refractivity contribution >= 4 is 45.1 Å². The van der Waals surface area contributed by atoms with Gasteiger partial charge in [0.2, 0.25) is 0 Å². The van der Waals surface area contributed by atoms with E-state index in [2.05, 4.69) is 4.98 Å². The van der Waals surface area contributed by atoms with Crippen molar-refractivity contribution in [2.75, 3.05) is 19.6 Å². The third-order valence-corrected chi connectivity index (χ3v) is 5.69. The first-order chi connectivity index (χ1) is 13.2. The predicted octanol–water partition coefficient (Wildman–Crippen LogP) is 5.06. The van der Waals surface area contributed by atoms with Crippen molar-refractivity contribution < 1.29 is 18.3 Å². The molecule has 0 saturated carbocycles. The molecule has 2 unspecified atom stereocenters. The Morgan fingerprint density at radius 2 is 1.89 bits per heavy atom. The maximum absolute atomic E-state index is 12.5. The molecule has 4 nitrogen and oxygen atoms in total. The molecule has 3 heterocycles. The lowest BCUT2D eigenvalue weighted by Gasteiger charge is -2.37. The van der Waals surface area contributed by atoms with Crippen molar-refractivity contribution in [1.29, 1.82) is 0 Å². The van der Waals surface area contributed by atoms with Crippen LogP contribution < -0.4 is 0 Å². The van der Waals surface area contributed by atoms with E-state index < -0.39 is 18.7 Å². The van der Waals surface area contributed by atoms with Crippen LogP contribution in [0.25, 0.3) is 21.9 Å². The number of alkyl halides is 3. The van der Waals surface area contributed by atoms with E-state index in [4.69, 9.17) is 23.2 Å². The van der Waals surface area contributed by atoms with Gasteiger partial charge in [-0.3, -0.25) is 0 Å². The summed E-state index contributed by atoms with van der Waals surface area (Å²) < 4.78 is 39.5. The summed E-state index contributed by atoms with van der Waals surface area (Å²) in [6, 6.07) is 6.99. The number of β-amino-alcohol motifs (C(OH)–C–C–N with tert-alkyl or cyclic N) is 1. The van der Waals surface area contributed by atoms with Gasteiger partial charge >= 0.3 is 6.18 Å². The van der Waals surface area contributed by atoms with Gasteiger partial charge in [0.05, 0.1) is 29.1 Å². The van der Waals surface area contributed by atoms with E-state index in [9.17, 15) is 18.3 Å². The summed E-state index contributed by atoms with van der Waals surface area (Å²) in [4.78, 5) is 6.12. The van der Waals surface area contributed by atoms with Crippen LogP contribution in [0.2, 0.25) is 10.0 Å². The quantitative estimate of drug-likeness (QED) is 0.630. The van der Waals surface area contributed by atoms with E-state index in [1.165, 1.54) is 0 Å². The van der Waals surface area contributed by atoms with Gasteiger partial charge in [-0.2, -0.15) is 13.2 Å². The molecule has 2 atom stereocenters. The van der Waals surface area contributed by atoms with E-state index in [0.29, 0.717) is 28.7 Å². The number of aliphatic hydroxyl groups is 1. The molecule has 4 rings (SSSR count). The minimum absolute atomic E-state index is 0.107. The van der Waals surface area contributed by atoms with Crippen LogP contribution in [0.5, 0.6) is 0 Å². The monoisotopic (exact) mass is 431 g/mol. The van der Waals surface area contributed by atoms with Gasteiger partial charge in [-0.1, -0.05) is 23.2 Å². The first-order valence-electron chi connectivity index (χ1n) is 8.95. The van der Waals surface area contributed by atoms with Crippen LogP contribution in [0, 0.1) is 0 Å². The lowest BCUT2D eigenvalue weighted by atomic mass is 10.0. The number of nitrogens with zero attached hydrogens (tertiary/aromatic N) is 3. The minimum Gasteiger partial charge on any atom is -0.390 e. The molecule has 0 spiro atoms. The summed E-state index contributed by atoms with van der Waals surface area (Å²) in [6.45, 7) is 0.549. The predicted molar refractivity (Wildman–Crippen MR) is 104 cm³/mol. The average molecular weight is 432 g/mol. The number of hydrogen-bond donors (Lipinski definition) is 1. The average Bonchev–Trinajstić information content (AvgIpc) is 2.92. The fourth-order valence-electron chi connectivity index (χ4n) is 3.98. The van der Waals surface area contributed by atoms with Gasteiger partial charge in [-0.15, -0.1) is 0 Å². The van der Waals surface area contributed by atoms with Gasteiger partial charge in [0.25, 0.3) is 0 Å². The highest BCUT2D eigenvalue weighted by Gasteiger charge is 2.34. The molecule has 150 valence electrons. The number of fused-ring (bicyclic) bond motifs is 3. The molecule has 9 heteroatoms. The van der Waals surface area contributed by atoms with E-state index in [-0.39, 0.29) is 19.1 Å². The summed E-state index contributed by atoms with van der Waals surface area (Å²) in [6.07, 6.45) is -3.82. The van der Waals surface area contributed by atoms with Crippen LogP contribution >= 0.6 is 23.2 Å². The standard InChI is InChI=1S/C19H18Cl2F3N3O/c20-11-1-2-15-13(7-11)14-8-12(21)9-25-18(14)27(15)16-3-5-26(10-17(16)28)6-4-19(22,23)24/h1-2,7-9,16-17,28H,3-6,10H2. The SMILES string of the molecule is OC1CN(CCC(F)(F)F)CCC1n1c2ccc(Cl)cc2c2cc(Cl)cnc21. The highest BCUT2D eigenvalue weighted by molar-refractivity contribution is 6.33. The summed E-state index contributed by atoms with van der Waals surface area (Å²) in [5, 5.41) is 13.5. The number of aliphatic hydroxyl groups excluding tert-OH is 1. The van der Waals surface area contributed by atoms with Gasteiger partial charge in [-0.05, 0) is 30.7 Å². The second kappa shape index (κ2) is 7.37. The summed E-state index contributed by atoms with van der Waals surface area (Å²) >= 11 is 12.3. The smallest absolute Gasteiger partial charge is 0.390 e. The van der Waals surface area contributed by atoms with Gasteiger partial charge in [0.15, 0.2) is 0 Å². The molecule has 1 fully saturated rings. The first kappa shape index (κ1) is 19.8. The molecule has 1 aliphatic heterocycles. The molecule has 28 heavy (non-hydrogen) atoms. The third-order valence-electron chi connectivity index (χ3n) is 5.24. The number of hydrogen-bond acceptors (Lipinski definition) is 3. The highest BCUT2D eigenvalue weighted by Crippen LogP contribution is 2.37. The fraction of sp³-hybridized carbons (Fsp3) is 0.421. The van der Waals surface area contributed by atoms with Gasteiger partial charge in [0, 0.05) is 41.6 Å². The molecule has 1 aromatic carbocycles. The summed E-state index contributed by atoms with van der Waals surface area (Å²) in [7, 11) is 0. The molecular weight excluding hydrogens is 414 g/mol. The van der Waals surface area contributed by atoms with E-state index in [1.807, 2.05) is 22.8 Å². The molecule has 1 N–H and O–H groups in total. The van der Waals surface area contributed by atoms with Gasteiger partial charge < -0.3 is 14.6 Å². The fourth-order valence-corrected chi connectivity index (χ4v) is 4.31. The topological polar surface area (TPSA) is 41.3 Å². The maximum atomic E-state index is 12.5. The van der Waals surface area contributed by atoms with Crippen LogP contribution in [0.15, 0.2) is 30.5 Å². The Balaban J connectivity index is 1.69. The Kier molecular flexibility index (Phi) is 5.20. The van der Waals surface area contributed by atoms with Gasteiger partial charge in [-0.25, -0.2) is 4.98 Å². The second-order valence-corrected chi connectivity index (χ2v) is 8.02. The van der Waals surface area contributed by atoms with Crippen molar-refractivity contribution in [2.24, 2.45) is 0 Å². The second-order valence-electron chi connectivity index (χ2n) is 7.15. The lowest BCUT2D eigenvalue weighted by molar-refractivity contribution is -0.140. The molecular formula is C19H18Cl2F3N3O. The van der Waals surface area contributed by atoms with Crippen molar-refractivity contribution in [3.8, 4) is 0 Å². The van der Waals surface area contributed by atoms with Crippen molar-refractivity contribution in [3.05, 3.63) is 40.5 Å². The molecule has 0 amide bonds. The molecule has 2 aromatic heterocycles. The zero-order valence-corrected chi connectivity index (χ0v) is 16.3. The van der Waals surface area contributed by atoms with Gasteiger partial charge in [0.1, 0.15) is 5.65 Å². The Labute approximate surface area is 169 Å². The van der Waals surface area contributed by atoms with E-state index in [0.717, 1.165) is 16.3 Å². The molecule has 1 aliphatic rings. The number of halogens is 5. The molecule has 3 aromatic rings. The van der Waals surface area contributed by atoms with E-state index in [1.54, 1.807) is 17.2 Å². The van der Waals surface area contributed by atoms with Crippen molar-refractivity contribution in [3.63, 3.8) is 0 Å². The number of pyridine rings is 1. The number of benzene rings is 1. The maximum Gasteiger partial charge on any atom is 0.390 e. The van der Waals surface area contributed by atoms with Crippen LogP contribution in [-0.4, -0.2) is 51.5 Å². The third kappa shape index (κ3) is 3.81. The van der Waals surface area contributed by atoms with E-state index >= 15 is 0 Å². The number of piperidine rings is 1. The van der Waals surface area contributed by atoms with Crippen LogP contribution in [0.3, 0.4) is 0 Å². The Morgan fingerprint density at radius 3 is 2.61 bits per heavy atom. The first-order valence-corrected chi connectivity index (χ1v) is 9.70. The normalized spacial score (nSPS) is 21.6.